The minimum Gasteiger partial charge on any atom is -0.460 e. The Labute approximate surface area is 107 Å². The molecule has 0 aliphatic carbocycles. The van der Waals surface area contributed by atoms with Gasteiger partial charge < -0.3 is 4.74 Å². The molecule has 2 aromatic rings. The molecule has 0 atom stereocenters. The van der Waals surface area contributed by atoms with Crippen molar-refractivity contribution in [3.63, 3.8) is 0 Å². The Hall–Kier alpha value is -1.33. The highest BCUT2D eigenvalue weighted by atomic mass is 35.5. The molecule has 0 spiro atoms. The molecule has 0 unspecified atom stereocenters. The molecule has 4 nitrogen and oxygen atoms in total. The Balaban J connectivity index is 2.23. The highest BCUT2D eigenvalue weighted by Crippen LogP contribution is 2.22. The van der Waals surface area contributed by atoms with Gasteiger partial charge in [-0.3, -0.25) is 4.40 Å². The summed E-state index contributed by atoms with van der Waals surface area (Å²) in [5.41, 5.74) is 0.684. The van der Waals surface area contributed by atoms with E-state index < -0.39 is 0 Å². The van der Waals surface area contributed by atoms with Crippen molar-refractivity contribution in [2.45, 2.75) is 20.0 Å². The zero-order valence-corrected chi connectivity index (χ0v) is 11.0. The number of hydrogen-bond acceptors (Lipinski definition) is 4. The molecule has 0 aliphatic heterocycles. The van der Waals surface area contributed by atoms with Crippen LogP contribution in [0.5, 0.6) is 0 Å². The summed E-state index contributed by atoms with van der Waals surface area (Å²) in [6.07, 6.45) is 4.69. The van der Waals surface area contributed by atoms with Gasteiger partial charge in [0.05, 0.1) is 11.8 Å². The number of ether oxygens (including phenoxy) is 1. The third-order valence-corrected chi connectivity index (χ3v) is 3.02. The number of fused-ring (bicyclic) bond motifs is 1. The Morgan fingerprint density at radius 1 is 1.65 bits per heavy atom. The summed E-state index contributed by atoms with van der Waals surface area (Å²) in [5, 5.41) is 2.29. The third kappa shape index (κ3) is 2.68. The molecule has 2 rings (SSSR count). The van der Waals surface area contributed by atoms with Crippen LogP contribution in [0.3, 0.4) is 0 Å². The molecule has 0 saturated carbocycles. The molecule has 2 aromatic heterocycles. The Bertz CT molecular complexity index is 571. The zero-order valence-electron chi connectivity index (χ0n) is 9.38. The number of thiazole rings is 1. The molecule has 0 fully saturated rings. The SMILES string of the molecule is CC(C)OC(=O)C=Cc1c(Cl)nc2sccn12. The van der Waals surface area contributed by atoms with Crippen molar-refractivity contribution in [3.8, 4) is 0 Å². The largest absolute Gasteiger partial charge is 0.460 e. The van der Waals surface area contributed by atoms with Gasteiger partial charge in [-0.15, -0.1) is 11.3 Å². The van der Waals surface area contributed by atoms with Crippen LogP contribution < -0.4 is 0 Å². The lowest BCUT2D eigenvalue weighted by atomic mass is 10.4. The average Bonchev–Trinajstić information content (AvgIpc) is 2.74. The minimum absolute atomic E-state index is 0.130. The van der Waals surface area contributed by atoms with E-state index in [0.29, 0.717) is 10.8 Å². The van der Waals surface area contributed by atoms with Crippen LogP contribution in [-0.4, -0.2) is 21.5 Å². The number of nitrogens with zero attached hydrogens (tertiary/aromatic N) is 2. The van der Waals surface area contributed by atoms with Crippen LogP contribution in [0.4, 0.5) is 0 Å². The summed E-state index contributed by atoms with van der Waals surface area (Å²) in [7, 11) is 0. The van der Waals surface area contributed by atoms with E-state index in [0.717, 1.165) is 4.96 Å². The monoisotopic (exact) mass is 270 g/mol. The zero-order chi connectivity index (χ0) is 12.4. The molecule has 0 bridgehead atoms. The van der Waals surface area contributed by atoms with Crippen LogP contribution in [0, 0.1) is 0 Å². The highest BCUT2D eigenvalue weighted by Gasteiger charge is 2.09. The molecule has 0 radical (unpaired) electrons. The number of halogens is 1. The quantitative estimate of drug-likeness (QED) is 0.636. The molecular formula is C11H11ClN2O2S. The molecular weight excluding hydrogens is 260 g/mol. The summed E-state index contributed by atoms with van der Waals surface area (Å²) in [5.74, 6) is -0.388. The van der Waals surface area contributed by atoms with E-state index >= 15 is 0 Å². The van der Waals surface area contributed by atoms with Crippen molar-refractivity contribution in [3.05, 3.63) is 28.5 Å². The number of esters is 1. The highest BCUT2D eigenvalue weighted by molar-refractivity contribution is 7.15. The van der Waals surface area contributed by atoms with E-state index in [1.54, 1.807) is 19.9 Å². The minimum atomic E-state index is -0.388. The van der Waals surface area contributed by atoms with E-state index in [1.165, 1.54) is 17.4 Å². The molecule has 0 aromatic carbocycles. The lowest BCUT2D eigenvalue weighted by Crippen LogP contribution is -2.08. The van der Waals surface area contributed by atoms with Gasteiger partial charge in [0.1, 0.15) is 0 Å². The number of rotatable bonds is 3. The Kier molecular flexibility index (Phi) is 3.49. The van der Waals surface area contributed by atoms with E-state index in [-0.39, 0.29) is 12.1 Å². The van der Waals surface area contributed by atoms with Gasteiger partial charge in [-0.05, 0) is 19.9 Å². The number of carbonyl (C=O) groups is 1. The van der Waals surface area contributed by atoms with Gasteiger partial charge in [-0.25, -0.2) is 9.78 Å². The van der Waals surface area contributed by atoms with E-state index in [2.05, 4.69) is 4.98 Å². The van der Waals surface area contributed by atoms with Crippen molar-refractivity contribution < 1.29 is 9.53 Å². The second kappa shape index (κ2) is 4.89. The summed E-state index contributed by atoms with van der Waals surface area (Å²) in [6, 6.07) is 0. The first-order chi connectivity index (χ1) is 8.08. The average molecular weight is 271 g/mol. The van der Waals surface area contributed by atoms with Gasteiger partial charge in [0.2, 0.25) is 0 Å². The van der Waals surface area contributed by atoms with Crippen molar-refractivity contribution in [1.29, 1.82) is 0 Å². The first kappa shape index (κ1) is 12.1. The van der Waals surface area contributed by atoms with E-state index in [1.807, 2.05) is 16.0 Å². The first-order valence-corrected chi connectivity index (χ1v) is 6.33. The van der Waals surface area contributed by atoms with Gasteiger partial charge in [-0.1, -0.05) is 11.6 Å². The Morgan fingerprint density at radius 2 is 2.41 bits per heavy atom. The number of carbonyl (C=O) groups excluding carboxylic acids is 1. The topological polar surface area (TPSA) is 43.6 Å². The molecule has 90 valence electrons. The maximum absolute atomic E-state index is 11.4. The van der Waals surface area contributed by atoms with Crippen molar-refractivity contribution >= 4 is 39.9 Å². The summed E-state index contributed by atoms with van der Waals surface area (Å²) in [6.45, 7) is 3.60. The molecule has 0 N–H and O–H groups in total. The molecule has 6 heteroatoms. The predicted molar refractivity (Wildman–Crippen MR) is 68.3 cm³/mol. The lowest BCUT2D eigenvalue weighted by Gasteiger charge is -2.03. The molecule has 2 heterocycles. The van der Waals surface area contributed by atoms with Crippen LogP contribution in [0.2, 0.25) is 5.15 Å². The van der Waals surface area contributed by atoms with Crippen molar-refractivity contribution in [2.75, 3.05) is 0 Å². The molecule has 0 amide bonds. The maximum atomic E-state index is 11.4. The van der Waals surface area contributed by atoms with E-state index in [4.69, 9.17) is 16.3 Å². The van der Waals surface area contributed by atoms with Gasteiger partial charge in [0.15, 0.2) is 10.1 Å². The smallest absolute Gasteiger partial charge is 0.331 e. The normalized spacial score (nSPS) is 11.8. The van der Waals surface area contributed by atoms with Crippen LogP contribution in [0.1, 0.15) is 19.5 Å². The second-order valence-electron chi connectivity index (χ2n) is 3.66. The van der Waals surface area contributed by atoms with Gasteiger partial charge in [-0.2, -0.15) is 0 Å². The van der Waals surface area contributed by atoms with Crippen LogP contribution in [0.15, 0.2) is 17.7 Å². The summed E-state index contributed by atoms with van der Waals surface area (Å²) < 4.78 is 6.81. The molecule has 0 saturated heterocycles. The third-order valence-electron chi connectivity index (χ3n) is 1.98. The lowest BCUT2D eigenvalue weighted by molar-refractivity contribution is -0.141. The fourth-order valence-electron chi connectivity index (χ4n) is 1.34. The molecule has 17 heavy (non-hydrogen) atoms. The predicted octanol–water partition coefficient (Wildman–Crippen LogP) is 3.01. The van der Waals surface area contributed by atoms with Gasteiger partial charge in [0, 0.05) is 17.7 Å². The van der Waals surface area contributed by atoms with Crippen LogP contribution >= 0.6 is 22.9 Å². The fraction of sp³-hybridized carbons (Fsp3) is 0.273. The molecule has 0 aliphatic rings. The Morgan fingerprint density at radius 3 is 3.12 bits per heavy atom. The van der Waals surface area contributed by atoms with Gasteiger partial charge in [0.25, 0.3) is 0 Å². The van der Waals surface area contributed by atoms with Crippen LogP contribution in [0.25, 0.3) is 11.0 Å². The number of aromatic nitrogens is 2. The summed E-state index contributed by atoms with van der Waals surface area (Å²) in [4.78, 5) is 16.3. The maximum Gasteiger partial charge on any atom is 0.331 e. The van der Waals surface area contributed by atoms with Gasteiger partial charge >= 0.3 is 5.97 Å². The first-order valence-electron chi connectivity index (χ1n) is 5.07. The second-order valence-corrected chi connectivity index (χ2v) is 4.89. The summed E-state index contributed by atoms with van der Waals surface area (Å²) >= 11 is 7.45. The van der Waals surface area contributed by atoms with Crippen molar-refractivity contribution in [2.24, 2.45) is 0 Å². The number of hydrogen-bond donors (Lipinski definition) is 0. The standard InChI is InChI=1S/C11H11ClN2O2S/c1-7(2)16-9(15)4-3-8-10(12)13-11-14(8)5-6-17-11/h3-7H,1-2H3. The van der Waals surface area contributed by atoms with E-state index in [9.17, 15) is 4.79 Å². The van der Waals surface area contributed by atoms with Crippen LogP contribution in [-0.2, 0) is 9.53 Å². The number of imidazole rings is 1. The fourth-order valence-corrected chi connectivity index (χ4v) is 2.35. The van der Waals surface area contributed by atoms with Crippen molar-refractivity contribution in [1.82, 2.24) is 9.38 Å².